The van der Waals surface area contributed by atoms with Crippen LogP contribution in [0.15, 0.2) is 0 Å². The van der Waals surface area contributed by atoms with E-state index in [0.29, 0.717) is 12.8 Å². The van der Waals surface area contributed by atoms with Crippen molar-refractivity contribution in [3.05, 3.63) is 0 Å². The maximum absolute atomic E-state index is 10.7. The molecule has 0 aliphatic heterocycles. The van der Waals surface area contributed by atoms with Crippen LogP contribution in [0.25, 0.3) is 0 Å². The van der Waals surface area contributed by atoms with Crippen molar-refractivity contribution in [3.63, 3.8) is 0 Å². The van der Waals surface area contributed by atoms with Gasteiger partial charge in [0.05, 0.1) is 0 Å². The number of hydrogen-bond acceptors (Lipinski definition) is 3. The van der Waals surface area contributed by atoms with Gasteiger partial charge in [-0.3, -0.25) is 14.8 Å². The Balaban J connectivity index is 3.03. The Morgan fingerprint density at radius 3 is 1.35 bits per heavy atom. The van der Waals surface area contributed by atoms with Crippen LogP contribution in [0.4, 0.5) is 0 Å². The molecule has 0 fully saturated rings. The zero-order chi connectivity index (χ0) is 15.1. The third kappa shape index (κ3) is 15.0. The summed E-state index contributed by atoms with van der Waals surface area (Å²) in [6.45, 7) is 0. The standard InChI is InChI=1S/C15H29NO4/c17-14(16-20)12-10-8-6-4-2-1-3-5-7-9-11-13-15(18)19/h20H,1-13H2,(H,16,17)(H,18,19). The van der Waals surface area contributed by atoms with Crippen LogP contribution in [0, 0.1) is 0 Å². The van der Waals surface area contributed by atoms with Gasteiger partial charge in [-0.1, -0.05) is 57.8 Å². The van der Waals surface area contributed by atoms with E-state index in [9.17, 15) is 9.59 Å². The fourth-order valence-electron chi connectivity index (χ4n) is 2.21. The number of nitrogens with one attached hydrogen (secondary N) is 1. The molecule has 0 bridgehead atoms. The molecule has 118 valence electrons. The summed E-state index contributed by atoms with van der Waals surface area (Å²) in [5, 5.41) is 16.8. The second-order valence-electron chi connectivity index (χ2n) is 5.32. The molecule has 3 N–H and O–H groups in total. The van der Waals surface area contributed by atoms with Crippen LogP contribution in [-0.2, 0) is 9.59 Å². The van der Waals surface area contributed by atoms with E-state index in [2.05, 4.69) is 0 Å². The summed E-state index contributed by atoms with van der Waals surface area (Å²) in [6, 6.07) is 0. The second kappa shape index (κ2) is 14.3. The van der Waals surface area contributed by atoms with Crippen molar-refractivity contribution < 1.29 is 19.9 Å². The van der Waals surface area contributed by atoms with Crippen LogP contribution in [0.3, 0.4) is 0 Å². The Bertz CT molecular complexity index is 256. The summed E-state index contributed by atoms with van der Waals surface area (Å²) < 4.78 is 0. The lowest BCUT2D eigenvalue weighted by atomic mass is 10.0. The van der Waals surface area contributed by atoms with Crippen LogP contribution >= 0.6 is 0 Å². The average molecular weight is 287 g/mol. The number of amides is 1. The van der Waals surface area contributed by atoms with E-state index in [-0.39, 0.29) is 5.91 Å². The third-order valence-corrected chi connectivity index (χ3v) is 3.42. The molecule has 5 nitrogen and oxygen atoms in total. The van der Waals surface area contributed by atoms with Gasteiger partial charge in [-0.25, -0.2) is 5.48 Å². The van der Waals surface area contributed by atoms with Gasteiger partial charge >= 0.3 is 5.97 Å². The molecule has 0 rings (SSSR count). The monoisotopic (exact) mass is 287 g/mol. The van der Waals surface area contributed by atoms with Gasteiger partial charge < -0.3 is 5.11 Å². The van der Waals surface area contributed by atoms with Gasteiger partial charge in [0.15, 0.2) is 0 Å². The number of hydroxylamine groups is 1. The molecule has 0 saturated carbocycles. The zero-order valence-corrected chi connectivity index (χ0v) is 12.4. The Morgan fingerprint density at radius 2 is 1.00 bits per heavy atom. The van der Waals surface area contributed by atoms with Crippen LogP contribution in [0.1, 0.15) is 83.5 Å². The second-order valence-corrected chi connectivity index (χ2v) is 5.32. The van der Waals surface area contributed by atoms with E-state index in [1.165, 1.54) is 32.1 Å². The van der Waals surface area contributed by atoms with E-state index in [1.807, 2.05) is 0 Å². The number of aliphatic carboxylic acids is 1. The number of rotatable bonds is 14. The van der Waals surface area contributed by atoms with Crippen molar-refractivity contribution in [2.45, 2.75) is 83.5 Å². The molecule has 0 spiro atoms. The van der Waals surface area contributed by atoms with Gasteiger partial charge in [0, 0.05) is 12.8 Å². The molecule has 5 heteroatoms. The third-order valence-electron chi connectivity index (χ3n) is 3.42. The van der Waals surface area contributed by atoms with Crippen molar-refractivity contribution in [2.24, 2.45) is 0 Å². The highest BCUT2D eigenvalue weighted by atomic mass is 16.5. The highest BCUT2D eigenvalue weighted by molar-refractivity contribution is 5.74. The van der Waals surface area contributed by atoms with E-state index in [0.717, 1.165) is 38.5 Å². The number of unbranched alkanes of at least 4 members (excludes halogenated alkanes) is 10. The summed E-state index contributed by atoms with van der Waals surface area (Å²) in [4.78, 5) is 21.0. The van der Waals surface area contributed by atoms with E-state index in [1.54, 1.807) is 5.48 Å². The number of hydrogen-bond donors (Lipinski definition) is 3. The van der Waals surface area contributed by atoms with Crippen LogP contribution in [0.5, 0.6) is 0 Å². The molecule has 20 heavy (non-hydrogen) atoms. The molecule has 0 radical (unpaired) electrons. The molecular formula is C15H29NO4. The molecule has 1 amide bonds. The number of carbonyl (C=O) groups is 2. The average Bonchev–Trinajstić information content (AvgIpc) is 2.43. The molecule has 0 unspecified atom stereocenters. The Labute approximate surface area is 121 Å². The summed E-state index contributed by atoms with van der Waals surface area (Å²) in [7, 11) is 0. The molecule has 0 aromatic heterocycles. The maximum Gasteiger partial charge on any atom is 0.303 e. The highest BCUT2D eigenvalue weighted by Crippen LogP contribution is 2.12. The number of carboxylic acids is 1. The van der Waals surface area contributed by atoms with Gasteiger partial charge in [0.25, 0.3) is 0 Å². The Hall–Kier alpha value is -1.10. The lowest BCUT2D eigenvalue weighted by molar-refractivity contribution is -0.137. The van der Waals surface area contributed by atoms with Crippen LogP contribution in [-0.4, -0.2) is 22.2 Å². The predicted octanol–water partition coefficient (Wildman–Crippen LogP) is 3.65. The lowest BCUT2D eigenvalue weighted by Crippen LogP contribution is -2.17. The first-order chi connectivity index (χ1) is 9.66. The zero-order valence-electron chi connectivity index (χ0n) is 12.4. The first-order valence-electron chi connectivity index (χ1n) is 7.81. The maximum atomic E-state index is 10.7. The van der Waals surface area contributed by atoms with Crippen LogP contribution in [0.2, 0.25) is 0 Å². The minimum atomic E-state index is -0.693. The van der Waals surface area contributed by atoms with Crippen molar-refractivity contribution in [1.29, 1.82) is 0 Å². The minimum Gasteiger partial charge on any atom is -0.481 e. The molecule has 0 saturated heterocycles. The van der Waals surface area contributed by atoms with Gasteiger partial charge in [-0.15, -0.1) is 0 Å². The molecular weight excluding hydrogens is 258 g/mol. The molecule has 0 heterocycles. The summed E-state index contributed by atoms with van der Waals surface area (Å²) in [6.07, 6.45) is 12.9. The summed E-state index contributed by atoms with van der Waals surface area (Å²) in [5.41, 5.74) is 1.64. The first-order valence-corrected chi connectivity index (χ1v) is 7.81. The van der Waals surface area contributed by atoms with Gasteiger partial charge in [-0.2, -0.15) is 0 Å². The molecule has 0 aromatic carbocycles. The SMILES string of the molecule is O=C(O)CCCCCCCCCCCCCC(=O)NO. The van der Waals surface area contributed by atoms with Crippen molar-refractivity contribution >= 4 is 11.9 Å². The summed E-state index contributed by atoms with van der Waals surface area (Å²) >= 11 is 0. The minimum absolute atomic E-state index is 0.298. The molecule has 0 aliphatic rings. The van der Waals surface area contributed by atoms with Gasteiger partial charge in [-0.05, 0) is 12.8 Å². The quantitative estimate of drug-likeness (QED) is 0.258. The summed E-state index contributed by atoms with van der Waals surface area (Å²) in [5.74, 6) is -0.991. The number of carbonyl (C=O) groups excluding carboxylic acids is 1. The highest BCUT2D eigenvalue weighted by Gasteiger charge is 1.99. The lowest BCUT2D eigenvalue weighted by Gasteiger charge is -2.02. The van der Waals surface area contributed by atoms with Gasteiger partial charge in [0.2, 0.25) is 5.91 Å². The largest absolute Gasteiger partial charge is 0.481 e. The first kappa shape index (κ1) is 18.9. The van der Waals surface area contributed by atoms with Crippen molar-refractivity contribution in [1.82, 2.24) is 5.48 Å². The number of carboxylic acid groups (broad SMARTS) is 1. The Morgan fingerprint density at radius 1 is 0.650 bits per heavy atom. The normalized spacial score (nSPS) is 10.4. The van der Waals surface area contributed by atoms with Gasteiger partial charge in [0.1, 0.15) is 0 Å². The molecule has 0 aliphatic carbocycles. The van der Waals surface area contributed by atoms with Crippen LogP contribution < -0.4 is 5.48 Å². The Kier molecular flexibility index (Phi) is 13.5. The van der Waals surface area contributed by atoms with Crippen molar-refractivity contribution in [2.75, 3.05) is 0 Å². The topological polar surface area (TPSA) is 86.6 Å². The smallest absolute Gasteiger partial charge is 0.303 e. The van der Waals surface area contributed by atoms with E-state index < -0.39 is 5.97 Å². The predicted molar refractivity (Wildman–Crippen MR) is 77.6 cm³/mol. The molecule has 0 atom stereocenters. The molecule has 0 aromatic rings. The van der Waals surface area contributed by atoms with E-state index in [4.69, 9.17) is 10.3 Å². The van der Waals surface area contributed by atoms with E-state index >= 15 is 0 Å². The fraction of sp³-hybridized carbons (Fsp3) is 0.867. The van der Waals surface area contributed by atoms with Crippen molar-refractivity contribution in [3.8, 4) is 0 Å². The fourth-order valence-corrected chi connectivity index (χ4v) is 2.21.